The summed E-state index contributed by atoms with van der Waals surface area (Å²) in [7, 11) is -2.76. The van der Waals surface area contributed by atoms with E-state index in [0.29, 0.717) is 6.04 Å². The summed E-state index contributed by atoms with van der Waals surface area (Å²) in [6.45, 7) is 2.42. The maximum atomic E-state index is 9.25. The first-order chi connectivity index (χ1) is 8.06. The Labute approximate surface area is 108 Å². The van der Waals surface area contributed by atoms with Crippen LogP contribution in [0.1, 0.15) is 64.2 Å². The monoisotopic (exact) mass is 261 g/mol. The van der Waals surface area contributed by atoms with Crippen LogP contribution in [0.2, 0.25) is 12.6 Å². The standard InChI is InChI=1S/C13H31NO2Si/c1-17(15,16)13-11-9-7-5-3-2-4-6-8-10-12-14/h15-16H,2-14H2,1H3. The maximum absolute atomic E-state index is 9.25. The Kier molecular flexibility index (Phi) is 11.3. The van der Waals surface area contributed by atoms with Gasteiger partial charge in [0, 0.05) is 0 Å². The van der Waals surface area contributed by atoms with Gasteiger partial charge in [-0.2, -0.15) is 0 Å². The van der Waals surface area contributed by atoms with Crippen LogP contribution in [0.5, 0.6) is 0 Å². The van der Waals surface area contributed by atoms with Gasteiger partial charge in [0.25, 0.3) is 0 Å². The number of nitrogens with two attached hydrogens (primary N) is 1. The van der Waals surface area contributed by atoms with Crippen LogP contribution >= 0.6 is 0 Å². The Morgan fingerprint density at radius 2 is 1.06 bits per heavy atom. The van der Waals surface area contributed by atoms with Crippen LogP contribution in [0.4, 0.5) is 0 Å². The third kappa shape index (κ3) is 16.1. The van der Waals surface area contributed by atoms with Crippen LogP contribution in [0.3, 0.4) is 0 Å². The van der Waals surface area contributed by atoms with Gasteiger partial charge in [0.15, 0.2) is 0 Å². The molecule has 0 radical (unpaired) electrons. The zero-order valence-corrected chi connectivity index (χ0v) is 12.5. The summed E-state index contributed by atoms with van der Waals surface area (Å²) in [6, 6.07) is 0.631. The highest BCUT2D eigenvalue weighted by Crippen LogP contribution is 2.13. The van der Waals surface area contributed by atoms with Crippen LogP contribution in [-0.2, 0) is 0 Å². The molecule has 0 aliphatic rings. The zero-order chi connectivity index (χ0) is 13.0. The summed E-state index contributed by atoms with van der Waals surface area (Å²) in [5.41, 5.74) is 5.44. The van der Waals surface area contributed by atoms with Gasteiger partial charge in [0.05, 0.1) is 0 Å². The van der Waals surface area contributed by atoms with E-state index in [0.717, 1.165) is 19.4 Å². The minimum absolute atomic E-state index is 0.631. The zero-order valence-electron chi connectivity index (χ0n) is 11.5. The first-order valence-corrected chi connectivity index (χ1v) is 9.81. The molecule has 0 aliphatic heterocycles. The topological polar surface area (TPSA) is 66.5 Å². The lowest BCUT2D eigenvalue weighted by Crippen LogP contribution is -2.29. The van der Waals surface area contributed by atoms with Crippen molar-refractivity contribution in [1.29, 1.82) is 0 Å². The van der Waals surface area contributed by atoms with Crippen molar-refractivity contribution in [2.24, 2.45) is 5.73 Å². The Morgan fingerprint density at radius 3 is 1.41 bits per heavy atom. The minimum atomic E-state index is -2.76. The van der Waals surface area contributed by atoms with Gasteiger partial charge < -0.3 is 15.3 Å². The highest BCUT2D eigenvalue weighted by Gasteiger charge is 2.19. The molecule has 104 valence electrons. The predicted octanol–water partition coefficient (Wildman–Crippen LogP) is 2.90. The van der Waals surface area contributed by atoms with Crippen molar-refractivity contribution in [2.75, 3.05) is 6.54 Å². The number of hydrogen-bond acceptors (Lipinski definition) is 3. The van der Waals surface area contributed by atoms with Gasteiger partial charge in [-0.25, -0.2) is 0 Å². The second kappa shape index (κ2) is 11.2. The van der Waals surface area contributed by atoms with Gasteiger partial charge in [-0.3, -0.25) is 0 Å². The Balaban J connectivity index is 2.99. The van der Waals surface area contributed by atoms with E-state index in [1.165, 1.54) is 51.4 Å². The van der Waals surface area contributed by atoms with Crippen molar-refractivity contribution < 1.29 is 9.59 Å². The van der Waals surface area contributed by atoms with Crippen molar-refractivity contribution in [3.05, 3.63) is 0 Å². The van der Waals surface area contributed by atoms with E-state index in [9.17, 15) is 9.59 Å². The van der Waals surface area contributed by atoms with Crippen molar-refractivity contribution in [3.8, 4) is 0 Å². The molecule has 0 aromatic heterocycles. The average Bonchev–Trinajstić information content (AvgIpc) is 2.24. The summed E-state index contributed by atoms with van der Waals surface area (Å²) in [6.07, 6.45) is 12.5. The molecule has 0 saturated heterocycles. The molecule has 0 atom stereocenters. The molecule has 4 N–H and O–H groups in total. The minimum Gasteiger partial charge on any atom is -0.411 e. The van der Waals surface area contributed by atoms with Gasteiger partial charge in [-0.05, 0) is 25.6 Å². The molecule has 0 bridgehead atoms. The summed E-state index contributed by atoms with van der Waals surface area (Å²) in [5, 5.41) is 0. The predicted molar refractivity (Wildman–Crippen MR) is 76.1 cm³/mol. The second-order valence-corrected chi connectivity index (χ2v) is 8.23. The molecular weight excluding hydrogens is 230 g/mol. The van der Waals surface area contributed by atoms with Gasteiger partial charge >= 0.3 is 8.56 Å². The smallest absolute Gasteiger partial charge is 0.329 e. The normalized spacial score (nSPS) is 12.0. The fraction of sp³-hybridized carbons (Fsp3) is 1.00. The summed E-state index contributed by atoms with van der Waals surface area (Å²) >= 11 is 0. The van der Waals surface area contributed by atoms with Crippen LogP contribution in [-0.4, -0.2) is 24.7 Å². The van der Waals surface area contributed by atoms with E-state index in [4.69, 9.17) is 5.73 Å². The van der Waals surface area contributed by atoms with Crippen molar-refractivity contribution >= 4 is 8.56 Å². The first kappa shape index (κ1) is 17.1. The van der Waals surface area contributed by atoms with Gasteiger partial charge in [-0.1, -0.05) is 57.8 Å². The Morgan fingerprint density at radius 1 is 0.706 bits per heavy atom. The lowest BCUT2D eigenvalue weighted by atomic mass is 10.1. The van der Waals surface area contributed by atoms with Crippen molar-refractivity contribution in [2.45, 2.75) is 76.8 Å². The molecule has 0 aromatic rings. The number of unbranched alkanes of at least 4 members (excludes halogenated alkanes) is 9. The molecule has 0 aliphatic carbocycles. The molecule has 0 saturated carbocycles. The average molecular weight is 261 g/mol. The lowest BCUT2D eigenvalue weighted by molar-refractivity contribution is 0.366. The van der Waals surface area contributed by atoms with E-state index in [1.807, 2.05) is 0 Å². The molecular formula is C13H31NO2Si. The van der Waals surface area contributed by atoms with Gasteiger partial charge in [0.2, 0.25) is 0 Å². The largest absolute Gasteiger partial charge is 0.411 e. The van der Waals surface area contributed by atoms with Crippen LogP contribution < -0.4 is 5.73 Å². The third-order valence-electron chi connectivity index (χ3n) is 3.10. The van der Waals surface area contributed by atoms with Crippen LogP contribution in [0.15, 0.2) is 0 Å². The first-order valence-electron chi connectivity index (χ1n) is 7.21. The second-order valence-electron chi connectivity index (χ2n) is 5.29. The van der Waals surface area contributed by atoms with Gasteiger partial charge in [-0.15, -0.1) is 0 Å². The molecule has 0 unspecified atom stereocenters. The molecule has 0 aromatic carbocycles. The summed E-state index contributed by atoms with van der Waals surface area (Å²) in [4.78, 5) is 18.5. The maximum Gasteiger partial charge on any atom is 0.329 e. The van der Waals surface area contributed by atoms with E-state index in [1.54, 1.807) is 6.55 Å². The van der Waals surface area contributed by atoms with E-state index in [2.05, 4.69) is 0 Å². The summed E-state index contributed by atoms with van der Waals surface area (Å²) in [5.74, 6) is 0. The Bertz CT molecular complexity index is 160. The quantitative estimate of drug-likeness (QED) is 0.374. The highest BCUT2D eigenvalue weighted by molar-refractivity contribution is 6.63. The van der Waals surface area contributed by atoms with Crippen LogP contribution in [0.25, 0.3) is 0 Å². The third-order valence-corrected chi connectivity index (χ3v) is 4.41. The van der Waals surface area contributed by atoms with Crippen LogP contribution in [0, 0.1) is 0 Å². The Hall–Kier alpha value is 0.0969. The van der Waals surface area contributed by atoms with E-state index in [-0.39, 0.29) is 0 Å². The number of hydrogen-bond donors (Lipinski definition) is 3. The molecule has 0 rings (SSSR count). The molecule has 0 fully saturated rings. The lowest BCUT2D eigenvalue weighted by Gasteiger charge is -2.10. The fourth-order valence-corrected chi connectivity index (χ4v) is 2.94. The highest BCUT2D eigenvalue weighted by atomic mass is 28.4. The molecule has 0 heterocycles. The fourth-order valence-electron chi connectivity index (χ4n) is 2.02. The number of rotatable bonds is 12. The SMILES string of the molecule is C[Si](O)(O)CCCCCCCCCCCCN. The molecule has 4 heteroatoms. The molecule has 0 spiro atoms. The van der Waals surface area contributed by atoms with E-state index >= 15 is 0 Å². The van der Waals surface area contributed by atoms with Crippen molar-refractivity contribution in [1.82, 2.24) is 0 Å². The van der Waals surface area contributed by atoms with Crippen molar-refractivity contribution in [3.63, 3.8) is 0 Å². The molecule has 0 amide bonds. The van der Waals surface area contributed by atoms with Gasteiger partial charge in [0.1, 0.15) is 0 Å². The summed E-state index contributed by atoms with van der Waals surface area (Å²) < 4.78 is 0. The molecule has 3 nitrogen and oxygen atoms in total. The molecule has 17 heavy (non-hydrogen) atoms. The van der Waals surface area contributed by atoms with E-state index < -0.39 is 8.56 Å².